The smallest absolute Gasteiger partial charge is 0.225 e. The van der Waals surface area contributed by atoms with Crippen LogP contribution in [0.15, 0.2) is 48.3 Å². The first-order chi connectivity index (χ1) is 12.2. The first-order valence-electron chi connectivity index (χ1n) is 8.90. The number of carbonyl (C=O) groups excluding carboxylic acids is 1. The molecule has 26 heavy (non-hydrogen) atoms. The average Bonchev–Trinajstić information content (AvgIpc) is 2.88. The fourth-order valence-corrected chi connectivity index (χ4v) is 3.73. The van der Waals surface area contributed by atoms with E-state index in [1.54, 1.807) is 30.6 Å². The van der Waals surface area contributed by atoms with Crippen molar-refractivity contribution in [2.24, 2.45) is 24.3 Å². The molecule has 1 amide bonds. The summed E-state index contributed by atoms with van der Waals surface area (Å²) in [5.41, 5.74) is 1.53. The zero-order valence-corrected chi connectivity index (χ0v) is 16.0. The second-order valence-corrected chi connectivity index (χ2v) is 7.93. The van der Waals surface area contributed by atoms with Gasteiger partial charge in [-0.25, -0.2) is 9.37 Å². The number of hydrogen-bond acceptors (Lipinski definition) is 2. The van der Waals surface area contributed by atoms with Crippen molar-refractivity contribution >= 4 is 5.91 Å². The second kappa shape index (κ2) is 6.71. The number of rotatable bonds is 5. The predicted octanol–water partition coefficient (Wildman–Crippen LogP) is 4.00. The van der Waals surface area contributed by atoms with Crippen LogP contribution in [0.5, 0.6) is 0 Å². The van der Waals surface area contributed by atoms with Gasteiger partial charge in [0.1, 0.15) is 17.7 Å². The van der Waals surface area contributed by atoms with Crippen molar-refractivity contribution in [3.8, 4) is 0 Å². The molecule has 1 aromatic carbocycles. The van der Waals surface area contributed by atoms with E-state index in [0.717, 1.165) is 0 Å². The Bertz CT molecular complexity index is 848. The van der Waals surface area contributed by atoms with Gasteiger partial charge in [-0.2, -0.15) is 0 Å². The zero-order chi connectivity index (χ0) is 19.1. The van der Waals surface area contributed by atoms with Gasteiger partial charge >= 0.3 is 0 Å². The minimum absolute atomic E-state index is 0.0613. The van der Waals surface area contributed by atoms with Gasteiger partial charge in [0.25, 0.3) is 0 Å². The molecule has 1 aliphatic carbocycles. The maximum Gasteiger partial charge on any atom is 0.225 e. The Morgan fingerprint density at radius 1 is 1.35 bits per heavy atom. The first-order valence-corrected chi connectivity index (χ1v) is 8.90. The molecule has 138 valence electrons. The standard InChI is InChI=1S/C21H26FN3O/c1-13(2)12-15-17(21(15,3)4)20(26)24-18(19-23-10-11-25(19)5)14-8-6-7-9-16(14)22/h6-12,15,17-18H,1-5H3,(H,24,26). The van der Waals surface area contributed by atoms with Crippen molar-refractivity contribution < 1.29 is 9.18 Å². The molecule has 0 bridgehead atoms. The second-order valence-electron chi connectivity index (χ2n) is 7.93. The van der Waals surface area contributed by atoms with Gasteiger partial charge in [0.2, 0.25) is 5.91 Å². The van der Waals surface area contributed by atoms with Gasteiger partial charge < -0.3 is 9.88 Å². The molecule has 5 heteroatoms. The van der Waals surface area contributed by atoms with Crippen LogP contribution < -0.4 is 5.32 Å². The van der Waals surface area contributed by atoms with E-state index in [2.05, 4.69) is 30.2 Å². The van der Waals surface area contributed by atoms with Crippen LogP contribution in [0, 0.1) is 23.1 Å². The summed E-state index contributed by atoms with van der Waals surface area (Å²) >= 11 is 0. The number of benzene rings is 1. The number of aromatic nitrogens is 2. The van der Waals surface area contributed by atoms with Crippen LogP contribution in [0.25, 0.3) is 0 Å². The summed E-state index contributed by atoms with van der Waals surface area (Å²) in [6, 6.07) is 5.90. The third-order valence-electron chi connectivity index (χ3n) is 5.33. The molecule has 1 saturated carbocycles. The lowest BCUT2D eigenvalue weighted by atomic mass is 10.0. The number of allylic oxidation sites excluding steroid dienone is 2. The van der Waals surface area contributed by atoms with Gasteiger partial charge in [0.05, 0.1) is 5.92 Å². The van der Waals surface area contributed by atoms with E-state index >= 15 is 0 Å². The molecule has 0 saturated heterocycles. The summed E-state index contributed by atoms with van der Waals surface area (Å²) < 4.78 is 16.2. The third kappa shape index (κ3) is 3.30. The molecule has 2 aromatic rings. The van der Waals surface area contributed by atoms with E-state index in [0.29, 0.717) is 11.4 Å². The van der Waals surface area contributed by atoms with Crippen LogP contribution in [0.4, 0.5) is 4.39 Å². The number of nitrogens with zero attached hydrogens (tertiary/aromatic N) is 2. The van der Waals surface area contributed by atoms with Crippen LogP contribution in [0.1, 0.15) is 45.1 Å². The predicted molar refractivity (Wildman–Crippen MR) is 99.8 cm³/mol. The Balaban J connectivity index is 1.90. The molecule has 0 spiro atoms. The Labute approximate surface area is 154 Å². The number of halogens is 1. The molecule has 3 unspecified atom stereocenters. The monoisotopic (exact) mass is 355 g/mol. The summed E-state index contributed by atoms with van der Waals surface area (Å²) in [6.45, 7) is 8.28. The van der Waals surface area contributed by atoms with Crippen molar-refractivity contribution in [1.29, 1.82) is 0 Å². The summed E-state index contributed by atoms with van der Waals surface area (Å²) in [5, 5.41) is 3.05. The maximum atomic E-state index is 14.4. The Morgan fingerprint density at radius 2 is 2.04 bits per heavy atom. The molecule has 1 N–H and O–H groups in total. The number of hydrogen-bond donors (Lipinski definition) is 1. The van der Waals surface area contributed by atoms with E-state index in [-0.39, 0.29) is 29.0 Å². The number of aryl methyl sites for hydroxylation is 1. The lowest BCUT2D eigenvalue weighted by Crippen LogP contribution is -2.33. The maximum absolute atomic E-state index is 14.4. The largest absolute Gasteiger partial charge is 0.342 e. The van der Waals surface area contributed by atoms with Crippen LogP contribution in [-0.4, -0.2) is 15.5 Å². The molecular weight excluding hydrogens is 329 g/mol. The summed E-state index contributed by atoms with van der Waals surface area (Å²) in [5.74, 6) is 0.285. The molecule has 4 nitrogen and oxygen atoms in total. The van der Waals surface area contributed by atoms with Crippen molar-refractivity contribution in [1.82, 2.24) is 14.9 Å². The van der Waals surface area contributed by atoms with Gasteiger partial charge in [-0.1, -0.05) is 43.7 Å². The highest BCUT2D eigenvalue weighted by Gasteiger charge is 2.60. The summed E-state index contributed by atoms with van der Waals surface area (Å²) in [4.78, 5) is 17.4. The highest BCUT2D eigenvalue weighted by atomic mass is 19.1. The molecule has 1 aromatic heterocycles. The molecule has 1 heterocycles. The number of imidazole rings is 1. The quantitative estimate of drug-likeness (QED) is 0.824. The van der Waals surface area contributed by atoms with Crippen molar-refractivity contribution in [3.63, 3.8) is 0 Å². The number of carbonyl (C=O) groups is 1. The van der Waals surface area contributed by atoms with Gasteiger partial charge in [-0.15, -0.1) is 0 Å². The Kier molecular flexibility index (Phi) is 4.74. The first kappa shape index (κ1) is 18.4. The molecule has 1 fully saturated rings. The number of amides is 1. The molecule has 1 aliphatic rings. The minimum atomic E-state index is -0.618. The van der Waals surface area contributed by atoms with Crippen LogP contribution >= 0.6 is 0 Å². The Morgan fingerprint density at radius 3 is 2.62 bits per heavy atom. The summed E-state index contributed by atoms with van der Waals surface area (Å²) in [7, 11) is 1.84. The van der Waals surface area contributed by atoms with Crippen LogP contribution in [-0.2, 0) is 11.8 Å². The fraction of sp³-hybridized carbons (Fsp3) is 0.429. The third-order valence-corrected chi connectivity index (χ3v) is 5.33. The van der Waals surface area contributed by atoms with Gasteiger partial charge in [0.15, 0.2) is 0 Å². The number of nitrogens with one attached hydrogen (secondary N) is 1. The van der Waals surface area contributed by atoms with E-state index in [1.807, 2.05) is 25.5 Å². The Hall–Kier alpha value is -2.43. The normalized spacial score (nSPS) is 21.8. The van der Waals surface area contributed by atoms with E-state index in [1.165, 1.54) is 11.6 Å². The van der Waals surface area contributed by atoms with Crippen molar-refractivity contribution in [3.05, 3.63) is 65.5 Å². The molecular formula is C21H26FN3O. The highest BCUT2D eigenvalue weighted by molar-refractivity contribution is 5.84. The lowest BCUT2D eigenvalue weighted by molar-refractivity contribution is -0.123. The molecule has 0 radical (unpaired) electrons. The zero-order valence-electron chi connectivity index (χ0n) is 16.0. The van der Waals surface area contributed by atoms with Crippen LogP contribution in [0.2, 0.25) is 0 Å². The average molecular weight is 355 g/mol. The van der Waals surface area contributed by atoms with E-state index in [4.69, 9.17) is 0 Å². The molecule has 3 atom stereocenters. The molecule has 0 aliphatic heterocycles. The van der Waals surface area contributed by atoms with E-state index < -0.39 is 6.04 Å². The molecule has 3 rings (SSSR count). The van der Waals surface area contributed by atoms with E-state index in [9.17, 15) is 9.18 Å². The van der Waals surface area contributed by atoms with Gasteiger partial charge in [0, 0.05) is 25.0 Å². The topological polar surface area (TPSA) is 46.9 Å². The highest BCUT2D eigenvalue weighted by Crippen LogP contribution is 2.59. The van der Waals surface area contributed by atoms with Gasteiger partial charge in [-0.05, 0) is 31.2 Å². The SMILES string of the molecule is CC(C)=CC1C(C(=O)NC(c2ccccc2F)c2nccn2C)C1(C)C. The minimum Gasteiger partial charge on any atom is -0.342 e. The van der Waals surface area contributed by atoms with Crippen LogP contribution in [0.3, 0.4) is 0 Å². The van der Waals surface area contributed by atoms with Crippen molar-refractivity contribution in [2.45, 2.75) is 33.7 Å². The lowest BCUT2D eigenvalue weighted by Gasteiger charge is -2.20. The fourth-order valence-electron chi connectivity index (χ4n) is 3.73. The van der Waals surface area contributed by atoms with Gasteiger partial charge in [-0.3, -0.25) is 4.79 Å². The summed E-state index contributed by atoms with van der Waals surface area (Å²) in [6.07, 6.45) is 5.61. The van der Waals surface area contributed by atoms with Crippen molar-refractivity contribution in [2.75, 3.05) is 0 Å².